The number of nitrogens with one attached hydrogen (secondary N) is 1. The van der Waals surface area contributed by atoms with Crippen molar-refractivity contribution in [1.29, 1.82) is 0 Å². The molecule has 1 N–H and O–H groups in total. The Bertz CT molecular complexity index is 848. The Morgan fingerprint density at radius 1 is 1.26 bits per heavy atom. The minimum atomic E-state index is -0.494. The third kappa shape index (κ3) is 3.36. The van der Waals surface area contributed by atoms with Crippen LogP contribution < -0.4 is 10.9 Å². The van der Waals surface area contributed by atoms with Gasteiger partial charge in [0.25, 0.3) is 17.4 Å². The van der Waals surface area contributed by atoms with Crippen LogP contribution in [-0.2, 0) is 16.7 Å². The van der Waals surface area contributed by atoms with E-state index in [1.54, 1.807) is 24.1 Å². The van der Waals surface area contributed by atoms with Gasteiger partial charge >= 0.3 is 0 Å². The number of likely N-dealkylation sites (tertiary alicyclic amines) is 1. The number of rotatable bonds is 3. The average molecular weight is 372 g/mol. The molecule has 2 fully saturated rings. The summed E-state index contributed by atoms with van der Waals surface area (Å²) >= 11 is 0. The Morgan fingerprint density at radius 3 is 2.67 bits per heavy atom. The van der Waals surface area contributed by atoms with E-state index in [2.05, 4.69) is 10.5 Å². The largest absolute Gasteiger partial charge is 0.388 e. The fourth-order valence-electron chi connectivity index (χ4n) is 3.79. The van der Waals surface area contributed by atoms with Crippen LogP contribution in [0.3, 0.4) is 0 Å². The first-order valence-electron chi connectivity index (χ1n) is 9.49. The first-order valence-corrected chi connectivity index (χ1v) is 9.49. The molecule has 1 aromatic rings. The second-order valence-electron chi connectivity index (χ2n) is 7.69. The van der Waals surface area contributed by atoms with Gasteiger partial charge in [0, 0.05) is 51.5 Å². The maximum Gasteiger partial charge on any atom is 0.270 e. The van der Waals surface area contributed by atoms with E-state index in [9.17, 15) is 14.4 Å². The average Bonchev–Trinajstić information content (AvgIpc) is 3.04. The molecular formula is C19H24N4O4. The van der Waals surface area contributed by atoms with Crippen molar-refractivity contribution in [3.63, 3.8) is 0 Å². The summed E-state index contributed by atoms with van der Waals surface area (Å²) in [5.41, 5.74) is 0.129. The number of amides is 2. The Morgan fingerprint density at radius 2 is 2.00 bits per heavy atom. The van der Waals surface area contributed by atoms with Crippen LogP contribution in [0.2, 0.25) is 0 Å². The summed E-state index contributed by atoms with van der Waals surface area (Å²) in [7, 11) is 1.60. The first kappa shape index (κ1) is 17.8. The molecule has 0 aromatic carbocycles. The predicted octanol–water partition coefficient (Wildman–Crippen LogP) is 0.805. The van der Waals surface area contributed by atoms with Crippen molar-refractivity contribution in [2.75, 3.05) is 13.1 Å². The van der Waals surface area contributed by atoms with E-state index in [4.69, 9.17) is 4.84 Å². The Balaban J connectivity index is 1.35. The first-order chi connectivity index (χ1) is 13.0. The Hall–Kier alpha value is -2.64. The smallest absolute Gasteiger partial charge is 0.270 e. The number of carbonyl (C=O) groups is 2. The second kappa shape index (κ2) is 6.83. The predicted molar refractivity (Wildman–Crippen MR) is 98.5 cm³/mol. The molecule has 1 saturated heterocycles. The quantitative estimate of drug-likeness (QED) is 0.850. The van der Waals surface area contributed by atoms with Crippen LogP contribution in [0.4, 0.5) is 0 Å². The number of nitrogens with zero attached hydrogens (tertiary/aromatic N) is 3. The van der Waals surface area contributed by atoms with Gasteiger partial charge < -0.3 is 19.6 Å². The third-order valence-corrected chi connectivity index (χ3v) is 5.91. The number of piperidine rings is 1. The van der Waals surface area contributed by atoms with E-state index in [1.807, 2.05) is 0 Å². The van der Waals surface area contributed by atoms with Crippen LogP contribution in [0, 0.1) is 0 Å². The molecule has 2 aliphatic heterocycles. The van der Waals surface area contributed by atoms with Crippen molar-refractivity contribution in [3.8, 4) is 0 Å². The van der Waals surface area contributed by atoms with E-state index in [-0.39, 0.29) is 23.4 Å². The minimum absolute atomic E-state index is 0.130. The van der Waals surface area contributed by atoms with Crippen LogP contribution in [0.25, 0.3) is 0 Å². The van der Waals surface area contributed by atoms with Gasteiger partial charge in [0.2, 0.25) is 0 Å². The van der Waals surface area contributed by atoms with Crippen LogP contribution in [0.15, 0.2) is 28.1 Å². The molecule has 1 saturated carbocycles. The van der Waals surface area contributed by atoms with Crippen molar-refractivity contribution >= 4 is 17.5 Å². The van der Waals surface area contributed by atoms with Crippen LogP contribution in [0.5, 0.6) is 0 Å². The van der Waals surface area contributed by atoms with Gasteiger partial charge in [0.05, 0.1) is 0 Å². The molecule has 0 radical (unpaired) electrons. The van der Waals surface area contributed by atoms with Gasteiger partial charge in [-0.25, -0.2) is 0 Å². The molecule has 27 heavy (non-hydrogen) atoms. The van der Waals surface area contributed by atoms with Crippen molar-refractivity contribution < 1.29 is 14.4 Å². The lowest BCUT2D eigenvalue weighted by Crippen LogP contribution is -2.48. The molecule has 144 valence electrons. The zero-order valence-corrected chi connectivity index (χ0v) is 15.4. The van der Waals surface area contributed by atoms with Gasteiger partial charge in [0.1, 0.15) is 17.0 Å². The van der Waals surface area contributed by atoms with Gasteiger partial charge in [-0.2, -0.15) is 0 Å². The molecule has 8 heteroatoms. The standard InChI is InChI=1S/C19H24N4O4/c1-22-15(6-3-7-16(22)24)18(26)23-10-8-19(9-11-23)12-14(21-27-19)17(25)20-13-4-2-5-13/h3,6-7,13H,2,4-5,8-12H2,1H3,(H,20,25). The number of oxime groups is 1. The zero-order valence-electron chi connectivity index (χ0n) is 15.4. The number of carbonyl (C=O) groups excluding carboxylic acids is 2. The summed E-state index contributed by atoms with van der Waals surface area (Å²) in [4.78, 5) is 44.2. The lowest BCUT2D eigenvalue weighted by Gasteiger charge is -2.37. The number of pyridine rings is 1. The SMILES string of the molecule is Cn1c(C(=O)N2CCC3(CC2)CC(C(=O)NC2CCC2)=NO3)cccc1=O. The van der Waals surface area contributed by atoms with E-state index in [1.165, 1.54) is 10.6 Å². The topological polar surface area (TPSA) is 93.0 Å². The number of hydrogen-bond acceptors (Lipinski definition) is 5. The second-order valence-corrected chi connectivity index (χ2v) is 7.69. The highest BCUT2D eigenvalue weighted by molar-refractivity contribution is 6.39. The van der Waals surface area contributed by atoms with Gasteiger partial charge in [-0.15, -0.1) is 0 Å². The summed E-state index contributed by atoms with van der Waals surface area (Å²) in [6, 6.07) is 4.96. The lowest BCUT2D eigenvalue weighted by molar-refractivity contribution is -0.116. The normalized spacial score (nSPS) is 21.4. The fraction of sp³-hybridized carbons (Fsp3) is 0.579. The van der Waals surface area contributed by atoms with Crippen LogP contribution in [-0.4, -0.2) is 51.7 Å². The molecule has 4 rings (SSSR count). The molecule has 1 aliphatic carbocycles. The molecule has 1 aromatic heterocycles. The summed E-state index contributed by atoms with van der Waals surface area (Å²) in [6.07, 6.45) is 4.94. The van der Waals surface area contributed by atoms with Crippen LogP contribution in [0.1, 0.15) is 49.0 Å². The maximum absolute atomic E-state index is 12.7. The van der Waals surface area contributed by atoms with E-state index in [0.717, 1.165) is 19.3 Å². The monoisotopic (exact) mass is 372 g/mol. The van der Waals surface area contributed by atoms with Crippen LogP contribution >= 0.6 is 0 Å². The highest BCUT2D eigenvalue weighted by Crippen LogP contribution is 2.35. The molecule has 0 bridgehead atoms. The maximum atomic E-state index is 12.7. The fourth-order valence-corrected chi connectivity index (χ4v) is 3.79. The number of aromatic nitrogens is 1. The van der Waals surface area contributed by atoms with E-state index in [0.29, 0.717) is 43.8 Å². The van der Waals surface area contributed by atoms with Crippen molar-refractivity contribution in [2.45, 2.75) is 50.2 Å². The van der Waals surface area contributed by atoms with Gasteiger partial charge in [-0.3, -0.25) is 14.4 Å². The van der Waals surface area contributed by atoms with Crippen molar-refractivity contribution in [2.24, 2.45) is 12.2 Å². The zero-order chi connectivity index (χ0) is 19.0. The van der Waals surface area contributed by atoms with Gasteiger partial charge in [-0.05, 0) is 25.3 Å². The number of hydrogen-bond donors (Lipinski definition) is 1. The molecule has 8 nitrogen and oxygen atoms in total. The lowest BCUT2D eigenvalue weighted by atomic mass is 9.86. The molecule has 3 aliphatic rings. The molecule has 3 heterocycles. The Labute approximate surface area is 157 Å². The molecule has 2 amide bonds. The molecule has 0 unspecified atom stereocenters. The minimum Gasteiger partial charge on any atom is -0.388 e. The molecule has 1 spiro atoms. The molecular weight excluding hydrogens is 348 g/mol. The van der Waals surface area contributed by atoms with Crippen molar-refractivity contribution in [3.05, 3.63) is 34.2 Å². The van der Waals surface area contributed by atoms with E-state index < -0.39 is 5.60 Å². The highest BCUT2D eigenvalue weighted by Gasteiger charge is 2.45. The third-order valence-electron chi connectivity index (χ3n) is 5.91. The summed E-state index contributed by atoms with van der Waals surface area (Å²) in [6.45, 7) is 1.02. The van der Waals surface area contributed by atoms with Gasteiger partial charge in [-0.1, -0.05) is 11.2 Å². The van der Waals surface area contributed by atoms with Gasteiger partial charge in [0.15, 0.2) is 0 Å². The summed E-state index contributed by atoms with van der Waals surface area (Å²) in [5.74, 6) is -0.290. The molecule has 0 atom stereocenters. The summed E-state index contributed by atoms with van der Waals surface area (Å²) < 4.78 is 1.37. The highest BCUT2D eigenvalue weighted by atomic mass is 16.7. The Kier molecular flexibility index (Phi) is 4.49. The van der Waals surface area contributed by atoms with Crippen molar-refractivity contribution in [1.82, 2.24) is 14.8 Å². The van der Waals surface area contributed by atoms with E-state index >= 15 is 0 Å². The summed E-state index contributed by atoms with van der Waals surface area (Å²) in [5, 5.41) is 7.03.